The van der Waals surface area contributed by atoms with E-state index >= 15 is 0 Å². The van der Waals surface area contributed by atoms with E-state index in [-0.39, 0.29) is 18.0 Å². The summed E-state index contributed by atoms with van der Waals surface area (Å²) in [5, 5.41) is 9.25. The summed E-state index contributed by atoms with van der Waals surface area (Å²) in [4.78, 5) is 0. The van der Waals surface area contributed by atoms with Gasteiger partial charge in [-0.05, 0) is 31.0 Å². The molecular formula is C13H20O3. The van der Waals surface area contributed by atoms with Gasteiger partial charge >= 0.3 is 0 Å². The minimum atomic E-state index is -0.223. The molecule has 0 bridgehead atoms. The maximum Gasteiger partial charge on any atom is 0.163 e. The van der Waals surface area contributed by atoms with Crippen LogP contribution in [-0.2, 0) is 9.47 Å². The quantitative estimate of drug-likeness (QED) is 0.755. The summed E-state index contributed by atoms with van der Waals surface area (Å²) in [6.45, 7) is 4.69. The van der Waals surface area contributed by atoms with Gasteiger partial charge in [0.25, 0.3) is 0 Å². The van der Waals surface area contributed by atoms with Crippen molar-refractivity contribution in [1.29, 1.82) is 0 Å². The summed E-state index contributed by atoms with van der Waals surface area (Å²) in [5.74, 6) is 0.481. The van der Waals surface area contributed by atoms with E-state index < -0.39 is 0 Å². The lowest BCUT2D eigenvalue weighted by molar-refractivity contribution is -0.135. The maximum absolute atomic E-state index is 9.25. The predicted octanol–water partition coefficient (Wildman–Crippen LogP) is 2.89. The minimum absolute atomic E-state index is 0.200. The molecule has 0 aliphatic heterocycles. The molecule has 1 aromatic rings. The van der Waals surface area contributed by atoms with Crippen LogP contribution in [0, 0.1) is 0 Å². The molecular weight excluding hydrogens is 204 g/mol. The van der Waals surface area contributed by atoms with Gasteiger partial charge in [0.2, 0.25) is 0 Å². The molecule has 0 radical (unpaired) electrons. The van der Waals surface area contributed by atoms with Crippen molar-refractivity contribution in [3.05, 3.63) is 29.8 Å². The van der Waals surface area contributed by atoms with Crippen molar-refractivity contribution in [2.75, 3.05) is 13.7 Å². The lowest BCUT2D eigenvalue weighted by atomic mass is 9.95. The Hall–Kier alpha value is -1.06. The van der Waals surface area contributed by atoms with E-state index in [1.807, 2.05) is 19.1 Å². The molecule has 2 unspecified atom stereocenters. The van der Waals surface area contributed by atoms with E-state index in [0.717, 1.165) is 12.0 Å². The number of benzene rings is 1. The van der Waals surface area contributed by atoms with Gasteiger partial charge in [-0.15, -0.1) is 0 Å². The van der Waals surface area contributed by atoms with E-state index in [1.54, 1.807) is 19.2 Å². The molecule has 0 amide bonds. The molecule has 0 heterocycles. The first-order valence-electron chi connectivity index (χ1n) is 5.66. The SMILES string of the molecule is CCOC(OC)C(CC)c1ccc(O)cc1. The number of aromatic hydroxyl groups is 1. The van der Waals surface area contributed by atoms with Crippen molar-refractivity contribution < 1.29 is 14.6 Å². The Morgan fingerprint density at radius 2 is 1.81 bits per heavy atom. The van der Waals surface area contributed by atoms with E-state index in [2.05, 4.69) is 6.92 Å². The number of ether oxygens (including phenoxy) is 2. The normalized spacial score (nSPS) is 14.7. The maximum atomic E-state index is 9.25. The fourth-order valence-corrected chi connectivity index (χ4v) is 1.82. The topological polar surface area (TPSA) is 38.7 Å². The van der Waals surface area contributed by atoms with E-state index in [9.17, 15) is 5.11 Å². The molecule has 16 heavy (non-hydrogen) atoms. The molecule has 0 aliphatic carbocycles. The second-order valence-electron chi connectivity index (χ2n) is 3.67. The average molecular weight is 224 g/mol. The summed E-state index contributed by atoms with van der Waals surface area (Å²) < 4.78 is 10.9. The first-order valence-corrected chi connectivity index (χ1v) is 5.66. The van der Waals surface area contributed by atoms with Crippen molar-refractivity contribution >= 4 is 0 Å². The number of phenolic OH excluding ortho intramolecular Hbond substituents is 1. The van der Waals surface area contributed by atoms with Gasteiger partial charge in [-0.3, -0.25) is 0 Å². The molecule has 90 valence electrons. The van der Waals surface area contributed by atoms with E-state index in [4.69, 9.17) is 9.47 Å². The first-order chi connectivity index (χ1) is 7.72. The van der Waals surface area contributed by atoms with Crippen LogP contribution in [-0.4, -0.2) is 25.1 Å². The lowest BCUT2D eigenvalue weighted by Crippen LogP contribution is -2.24. The molecule has 1 N–H and O–H groups in total. The number of methoxy groups -OCH3 is 1. The highest BCUT2D eigenvalue weighted by Gasteiger charge is 2.21. The molecule has 1 aromatic carbocycles. The molecule has 0 aromatic heterocycles. The highest BCUT2D eigenvalue weighted by Crippen LogP contribution is 2.27. The van der Waals surface area contributed by atoms with E-state index in [1.165, 1.54) is 0 Å². The standard InChI is InChI=1S/C13H20O3/c1-4-12(13(15-3)16-5-2)10-6-8-11(14)9-7-10/h6-9,12-14H,4-5H2,1-3H3. The van der Waals surface area contributed by atoms with Gasteiger partial charge in [-0.2, -0.15) is 0 Å². The first kappa shape index (κ1) is 13.0. The summed E-state index contributed by atoms with van der Waals surface area (Å²) in [7, 11) is 1.66. The van der Waals surface area contributed by atoms with Gasteiger partial charge in [-0.1, -0.05) is 19.1 Å². The zero-order chi connectivity index (χ0) is 12.0. The van der Waals surface area contributed by atoms with Crippen LogP contribution < -0.4 is 0 Å². The molecule has 3 heteroatoms. The third-order valence-corrected chi connectivity index (χ3v) is 2.65. The Labute approximate surface area is 97.0 Å². The number of hydrogen-bond acceptors (Lipinski definition) is 3. The van der Waals surface area contributed by atoms with Crippen LogP contribution in [0.5, 0.6) is 5.75 Å². The van der Waals surface area contributed by atoms with Gasteiger partial charge in [-0.25, -0.2) is 0 Å². The minimum Gasteiger partial charge on any atom is -0.508 e. The molecule has 0 fully saturated rings. The summed E-state index contributed by atoms with van der Waals surface area (Å²) in [6.07, 6.45) is 0.711. The summed E-state index contributed by atoms with van der Waals surface area (Å²) >= 11 is 0. The molecule has 3 nitrogen and oxygen atoms in total. The molecule has 1 rings (SSSR count). The molecule has 0 saturated heterocycles. The molecule has 0 saturated carbocycles. The lowest BCUT2D eigenvalue weighted by Gasteiger charge is -2.25. The Kier molecular flexibility index (Phi) is 5.29. The van der Waals surface area contributed by atoms with Gasteiger partial charge in [0.1, 0.15) is 5.75 Å². The highest BCUT2D eigenvalue weighted by molar-refractivity contribution is 5.28. The van der Waals surface area contributed by atoms with Crippen molar-refractivity contribution in [2.24, 2.45) is 0 Å². The number of hydrogen-bond donors (Lipinski definition) is 1. The van der Waals surface area contributed by atoms with Crippen LogP contribution in [0.1, 0.15) is 31.7 Å². The van der Waals surface area contributed by atoms with Gasteiger partial charge in [0, 0.05) is 19.6 Å². The molecule has 2 atom stereocenters. The van der Waals surface area contributed by atoms with Crippen molar-refractivity contribution in [3.8, 4) is 5.75 Å². The third kappa shape index (κ3) is 3.22. The Morgan fingerprint density at radius 3 is 2.25 bits per heavy atom. The zero-order valence-corrected chi connectivity index (χ0v) is 10.1. The van der Waals surface area contributed by atoms with Crippen LogP contribution in [0.2, 0.25) is 0 Å². The smallest absolute Gasteiger partial charge is 0.163 e. The zero-order valence-electron chi connectivity index (χ0n) is 10.1. The van der Waals surface area contributed by atoms with Gasteiger partial charge in [0.05, 0.1) is 0 Å². The fraction of sp³-hybridized carbons (Fsp3) is 0.538. The number of rotatable bonds is 6. The van der Waals surface area contributed by atoms with Crippen LogP contribution >= 0.6 is 0 Å². The summed E-state index contributed by atoms with van der Waals surface area (Å²) in [6, 6.07) is 7.20. The molecule has 0 spiro atoms. The average Bonchev–Trinajstić information content (AvgIpc) is 2.31. The second-order valence-corrected chi connectivity index (χ2v) is 3.67. The van der Waals surface area contributed by atoms with Gasteiger partial charge < -0.3 is 14.6 Å². The Bertz CT molecular complexity index is 295. The van der Waals surface area contributed by atoms with Crippen LogP contribution in [0.25, 0.3) is 0 Å². The van der Waals surface area contributed by atoms with E-state index in [0.29, 0.717) is 6.61 Å². The predicted molar refractivity (Wildman–Crippen MR) is 63.6 cm³/mol. The molecule has 0 aliphatic rings. The van der Waals surface area contributed by atoms with Crippen molar-refractivity contribution in [3.63, 3.8) is 0 Å². The highest BCUT2D eigenvalue weighted by atomic mass is 16.7. The monoisotopic (exact) mass is 224 g/mol. The third-order valence-electron chi connectivity index (χ3n) is 2.65. The second kappa shape index (κ2) is 6.51. The van der Waals surface area contributed by atoms with Gasteiger partial charge in [0.15, 0.2) is 6.29 Å². The van der Waals surface area contributed by atoms with Crippen molar-refractivity contribution in [2.45, 2.75) is 32.5 Å². The number of phenols is 1. The summed E-state index contributed by atoms with van der Waals surface area (Å²) in [5.41, 5.74) is 1.13. The fourth-order valence-electron chi connectivity index (χ4n) is 1.82. The van der Waals surface area contributed by atoms with Crippen LogP contribution in [0.4, 0.5) is 0 Å². The van der Waals surface area contributed by atoms with Crippen LogP contribution in [0.15, 0.2) is 24.3 Å². The Balaban J connectivity index is 2.83. The largest absolute Gasteiger partial charge is 0.508 e. The Morgan fingerprint density at radius 1 is 1.19 bits per heavy atom. The van der Waals surface area contributed by atoms with Crippen molar-refractivity contribution in [1.82, 2.24) is 0 Å². The van der Waals surface area contributed by atoms with Crippen LogP contribution in [0.3, 0.4) is 0 Å².